The Kier molecular flexibility index (Phi) is 3.91. The first-order valence-electron chi connectivity index (χ1n) is 3.86. The normalized spacial score (nSPS) is 9.83. The number of hydrogen-bond acceptors (Lipinski definition) is 2. The van der Waals surface area contributed by atoms with Gasteiger partial charge in [-0.15, -0.1) is 0 Å². The molecule has 0 saturated heterocycles. The van der Waals surface area contributed by atoms with E-state index >= 15 is 0 Å². The molecule has 66 valence electrons. The van der Waals surface area contributed by atoms with Crippen LogP contribution < -0.4 is 10.1 Å². The molecule has 1 N–H and O–H groups in total. The molecular formula is C9H12ClNO. The number of nitrogens with one attached hydrogen (secondary N) is 1. The van der Waals surface area contributed by atoms with E-state index < -0.39 is 0 Å². The predicted molar refractivity (Wildman–Crippen MR) is 50.9 cm³/mol. The van der Waals surface area contributed by atoms with Crippen LogP contribution in [0.3, 0.4) is 0 Å². The predicted octanol–water partition coefficient (Wildman–Crippen LogP) is 1.94. The van der Waals surface area contributed by atoms with Gasteiger partial charge in [-0.3, -0.25) is 0 Å². The topological polar surface area (TPSA) is 21.3 Å². The van der Waals surface area contributed by atoms with Crippen molar-refractivity contribution in [3.63, 3.8) is 0 Å². The maximum absolute atomic E-state index is 5.86. The summed E-state index contributed by atoms with van der Waals surface area (Å²) in [6.07, 6.45) is 0. The highest BCUT2D eigenvalue weighted by Gasteiger charge is 1.97. The van der Waals surface area contributed by atoms with Crippen molar-refractivity contribution >= 4 is 11.6 Å². The molecule has 2 nitrogen and oxygen atoms in total. The third-order valence-electron chi connectivity index (χ3n) is 1.45. The average Bonchev–Trinajstić information content (AvgIpc) is 2.09. The van der Waals surface area contributed by atoms with Crippen LogP contribution in [0.4, 0.5) is 0 Å². The SMILES string of the molecule is CNCCOc1ccccc1Cl. The molecule has 0 fully saturated rings. The van der Waals surface area contributed by atoms with Crippen molar-refractivity contribution in [1.82, 2.24) is 5.32 Å². The molecule has 0 aromatic heterocycles. The van der Waals surface area contributed by atoms with Gasteiger partial charge in [0.1, 0.15) is 12.4 Å². The molecule has 12 heavy (non-hydrogen) atoms. The van der Waals surface area contributed by atoms with Crippen LogP contribution in [0, 0.1) is 0 Å². The minimum Gasteiger partial charge on any atom is -0.491 e. The summed E-state index contributed by atoms with van der Waals surface area (Å²) in [5.74, 6) is 0.745. The second-order valence-corrected chi connectivity index (χ2v) is 2.79. The lowest BCUT2D eigenvalue weighted by molar-refractivity contribution is 0.318. The van der Waals surface area contributed by atoms with E-state index in [9.17, 15) is 0 Å². The van der Waals surface area contributed by atoms with Crippen molar-refractivity contribution in [2.75, 3.05) is 20.2 Å². The van der Waals surface area contributed by atoms with E-state index in [0.29, 0.717) is 11.6 Å². The first-order valence-corrected chi connectivity index (χ1v) is 4.24. The fourth-order valence-corrected chi connectivity index (χ4v) is 1.02. The molecule has 0 atom stereocenters. The lowest BCUT2D eigenvalue weighted by Gasteiger charge is -2.06. The van der Waals surface area contributed by atoms with E-state index in [4.69, 9.17) is 16.3 Å². The highest BCUT2D eigenvalue weighted by molar-refractivity contribution is 6.32. The van der Waals surface area contributed by atoms with E-state index in [-0.39, 0.29) is 0 Å². The minimum atomic E-state index is 0.639. The van der Waals surface area contributed by atoms with Crippen molar-refractivity contribution in [1.29, 1.82) is 0 Å². The number of likely N-dealkylation sites (N-methyl/N-ethyl adjacent to an activating group) is 1. The molecular weight excluding hydrogens is 174 g/mol. The first kappa shape index (κ1) is 9.36. The molecule has 0 unspecified atom stereocenters. The fraction of sp³-hybridized carbons (Fsp3) is 0.333. The van der Waals surface area contributed by atoms with E-state index in [2.05, 4.69) is 5.32 Å². The maximum atomic E-state index is 5.86. The molecule has 0 bridgehead atoms. The van der Waals surface area contributed by atoms with Gasteiger partial charge in [-0.05, 0) is 19.2 Å². The summed E-state index contributed by atoms with van der Waals surface area (Å²) >= 11 is 5.86. The van der Waals surface area contributed by atoms with Crippen LogP contribution in [0.2, 0.25) is 5.02 Å². The Bertz CT molecular complexity index is 240. The third-order valence-corrected chi connectivity index (χ3v) is 1.76. The summed E-state index contributed by atoms with van der Waals surface area (Å²) in [6.45, 7) is 1.46. The Hall–Kier alpha value is -0.730. The van der Waals surface area contributed by atoms with Crippen LogP contribution in [0.1, 0.15) is 0 Å². The van der Waals surface area contributed by atoms with Crippen molar-refractivity contribution in [2.24, 2.45) is 0 Å². The smallest absolute Gasteiger partial charge is 0.137 e. The van der Waals surface area contributed by atoms with E-state index in [1.165, 1.54) is 0 Å². The second kappa shape index (κ2) is 5.01. The summed E-state index contributed by atoms with van der Waals surface area (Å²) in [7, 11) is 1.88. The zero-order valence-corrected chi connectivity index (χ0v) is 7.77. The summed E-state index contributed by atoms with van der Waals surface area (Å²) < 4.78 is 5.38. The van der Waals surface area contributed by atoms with Gasteiger partial charge in [0.05, 0.1) is 5.02 Å². The molecule has 0 aliphatic rings. The third kappa shape index (κ3) is 2.72. The highest BCUT2D eigenvalue weighted by atomic mass is 35.5. The van der Waals surface area contributed by atoms with Crippen LogP contribution in [-0.4, -0.2) is 20.2 Å². The summed E-state index contributed by atoms with van der Waals surface area (Å²) in [6, 6.07) is 7.46. The van der Waals surface area contributed by atoms with Gasteiger partial charge >= 0.3 is 0 Å². The Labute approximate surface area is 77.5 Å². The highest BCUT2D eigenvalue weighted by Crippen LogP contribution is 2.22. The largest absolute Gasteiger partial charge is 0.491 e. The van der Waals surface area contributed by atoms with Crippen LogP contribution in [0.15, 0.2) is 24.3 Å². The quantitative estimate of drug-likeness (QED) is 0.724. The van der Waals surface area contributed by atoms with E-state index in [1.807, 2.05) is 31.3 Å². The van der Waals surface area contributed by atoms with Gasteiger partial charge in [0.2, 0.25) is 0 Å². The Morgan fingerprint density at radius 3 is 2.83 bits per heavy atom. The summed E-state index contributed by atoms with van der Waals surface area (Å²) in [4.78, 5) is 0. The van der Waals surface area contributed by atoms with Crippen LogP contribution in [-0.2, 0) is 0 Å². The van der Waals surface area contributed by atoms with E-state index in [0.717, 1.165) is 12.3 Å². The molecule has 0 saturated carbocycles. The molecule has 0 heterocycles. The molecule has 0 radical (unpaired) electrons. The standard InChI is InChI=1S/C9H12ClNO/c1-11-6-7-12-9-5-3-2-4-8(9)10/h2-5,11H,6-7H2,1H3. The van der Waals surface area contributed by atoms with Gasteiger partial charge in [0.25, 0.3) is 0 Å². The summed E-state index contributed by atoms with van der Waals surface area (Å²) in [5, 5.41) is 3.65. The molecule has 0 amide bonds. The molecule has 0 aliphatic carbocycles. The van der Waals surface area contributed by atoms with Crippen molar-refractivity contribution < 1.29 is 4.74 Å². The number of halogens is 1. The minimum absolute atomic E-state index is 0.639. The van der Waals surface area contributed by atoms with Gasteiger partial charge < -0.3 is 10.1 Å². The molecule has 3 heteroatoms. The lowest BCUT2D eigenvalue weighted by Crippen LogP contribution is -2.15. The maximum Gasteiger partial charge on any atom is 0.137 e. The number of benzene rings is 1. The fourth-order valence-electron chi connectivity index (χ4n) is 0.825. The Morgan fingerprint density at radius 2 is 2.17 bits per heavy atom. The van der Waals surface area contributed by atoms with Gasteiger partial charge in [0, 0.05) is 6.54 Å². The van der Waals surface area contributed by atoms with Gasteiger partial charge in [-0.2, -0.15) is 0 Å². The van der Waals surface area contributed by atoms with Crippen LogP contribution >= 0.6 is 11.6 Å². The second-order valence-electron chi connectivity index (χ2n) is 2.38. The number of ether oxygens (including phenoxy) is 1. The van der Waals surface area contributed by atoms with Crippen LogP contribution in [0.5, 0.6) is 5.75 Å². The lowest BCUT2D eigenvalue weighted by atomic mass is 10.3. The number of rotatable bonds is 4. The first-order chi connectivity index (χ1) is 5.84. The van der Waals surface area contributed by atoms with Gasteiger partial charge in [0.15, 0.2) is 0 Å². The van der Waals surface area contributed by atoms with Crippen molar-refractivity contribution in [3.8, 4) is 5.75 Å². The zero-order valence-electron chi connectivity index (χ0n) is 7.01. The monoisotopic (exact) mass is 185 g/mol. The summed E-state index contributed by atoms with van der Waals surface area (Å²) in [5.41, 5.74) is 0. The van der Waals surface area contributed by atoms with Crippen molar-refractivity contribution in [3.05, 3.63) is 29.3 Å². The molecule has 1 aromatic carbocycles. The average molecular weight is 186 g/mol. The van der Waals surface area contributed by atoms with Gasteiger partial charge in [-0.25, -0.2) is 0 Å². The molecule has 0 aliphatic heterocycles. The van der Waals surface area contributed by atoms with Crippen molar-refractivity contribution in [2.45, 2.75) is 0 Å². The molecule has 0 spiro atoms. The molecule has 1 aromatic rings. The molecule has 1 rings (SSSR count). The Balaban J connectivity index is 2.46. The Morgan fingerprint density at radius 1 is 1.42 bits per heavy atom. The number of hydrogen-bond donors (Lipinski definition) is 1. The zero-order chi connectivity index (χ0) is 8.81. The van der Waals surface area contributed by atoms with E-state index in [1.54, 1.807) is 0 Å². The van der Waals surface area contributed by atoms with Crippen LogP contribution in [0.25, 0.3) is 0 Å². The number of para-hydroxylation sites is 1. The van der Waals surface area contributed by atoms with Gasteiger partial charge in [-0.1, -0.05) is 23.7 Å².